The Morgan fingerprint density at radius 1 is 0.574 bits per heavy atom. The summed E-state index contributed by atoms with van der Waals surface area (Å²) in [7, 11) is 0. The van der Waals surface area contributed by atoms with Gasteiger partial charge in [-0.3, -0.25) is 0 Å². The zero-order chi connectivity index (χ0) is 37.1. The van der Waals surface area contributed by atoms with Crippen molar-refractivity contribution in [2.24, 2.45) is 5.92 Å². The molecule has 276 valence electrons. The van der Waals surface area contributed by atoms with Crippen LogP contribution in [0.1, 0.15) is 82.8 Å². The van der Waals surface area contributed by atoms with Gasteiger partial charge in [0, 0.05) is 0 Å². The van der Waals surface area contributed by atoms with E-state index in [4.69, 9.17) is 2.81 Å². The van der Waals surface area contributed by atoms with E-state index in [1.807, 2.05) is 6.56 Å². The standard InChI is InChI=1S/C12H17.2C7H7.2C6H5.2C5H5.C3H7O.2Zr/c1-2-6-11(7-3-1)10-12-8-4-5-9-12;2*1-7-5-3-2-4-6-7;2*1-2-4-6-5-3-1;2*1-2-4-5-3-1;1-3(2)4;;/h4,8,11H,1-3,5-7,10H2;2*2-6H,1H2;2*1-5H;2*1-3H,4H2;3H,1-2H3;;/q;;;;;;;-1;;+1. The molecular weight excluding hydrogens is 811 g/mol. The molecule has 1 saturated carbocycles. The van der Waals surface area contributed by atoms with Crippen molar-refractivity contribution in [3.63, 3.8) is 0 Å². The van der Waals surface area contributed by atoms with Crippen molar-refractivity contribution in [2.75, 3.05) is 0 Å². The predicted molar refractivity (Wildman–Crippen MR) is 224 cm³/mol. The van der Waals surface area contributed by atoms with Gasteiger partial charge in [-0.05, 0) is 0 Å². The van der Waals surface area contributed by atoms with Gasteiger partial charge in [-0.25, -0.2) is 0 Å². The molecule has 3 heteroatoms. The van der Waals surface area contributed by atoms with Crippen molar-refractivity contribution < 1.29 is 43.8 Å². The van der Waals surface area contributed by atoms with Crippen LogP contribution in [0.15, 0.2) is 185 Å². The number of hydrogen-bond acceptors (Lipinski definition) is 1. The quantitative estimate of drug-likeness (QED) is 0.130. The van der Waals surface area contributed by atoms with Crippen LogP contribution in [-0.4, -0.2) is 6.10 Å². The number of allylic oxidation sites excluding steroid dienone is 12. The molecule has 0 amide bonds. The number of hydrogen-bond donors (Lipinski definition) is 0. The summed E-state index contributed by atoms with van der Waals surface area (Å²) in [6, 6.07) is 44.5. The Morgan fingerprint density at radius 3 is 1.56 bits per heavy atom. The molecule has 0 radical (unpaired) electrons. The Bertz CT molecular complexity index is 1900. The van der Waals surface area contributed by atoms with E-state index in [-0.39, 0.29) is 6.10 Å². The Morgan fingerprint density at radius 2 is 1.07 bits per heavy atom. The van der Waals surface area contributed by atoms with E-state index in [9.17, 15) is 0 Å². The second-order valence-corrected chi connectivity index (χ2v) is 34.4. The molecule has 8 rings (SSSR count). The van der Waals surface area contributed by atoms with Crippen LogP contribution < -0.4 is 6.54 Å². The topological polar surface area (TPSA) is 9.23 Å². The summed E-state index contributed by atoms with van der Waals surface area (Å²) in [6.45, 7) is 4.31. The van der Waals surface area contributed by atoms with Gasteiger partial charge in [0.15, 0.2) is 0 Å². The van der Waals surface area contributed by atoms with Gasteiger partial charge < -0.3 is 0 Å². The summed E-state index contributed by atoms with van der Waals surface area (Å²) in [5.74, 6) is 0.907. The van der Waals surface area contributed by atoms with Crippen molar-refractivity contribution in [1.82, 2.24) is 0 Å². The summed E-state index contributed by atoms with van der Waals surface area (Å²) in [5, 5.41) is 0. The Balaban J connectivity index is 0.000000179. The molecule has 54 heavy (non-hydrogen) atoms. The van der Waals surface area contributed by atoms with Crippen LogP contribution >= 0.6 is 0 Å². The molecule has 0 saturated heterocycles. The summed E-state index contributed by atoms with van der Waals surface area (Å²) in [5.41, 5.74) is 4.83. The van der Waals surface area contributed by atoms with Gasteiger partial charge in [-0.1, -0.05) is 0 Å². The molecule has 0 aromatic heterocycles. The van der Waals surface area contributed by atoms with Gasteiger partial charge in [0.25, 0.3) is 0 Å². The van der Waals surface area contributed by atoms with Crippen LogP contribution in [0, 0.1) is 5.92 Å². The summed E-state index contributed by atoms with van der Waals surface area (Å²) in [6.07, 6.45) is 31.2. The SMILES string of the molecule is C1=CC[C]([Zr]([CH2]c2ccccc2)([CH2]c2ccccc2)[C]2=C(CC3CCCCC3)C=CC2)=C1.CC(C)[O][Zr]([C]1=CC=CC1)([c]1ccccc1)[c]1ccccc1. The summed E-state index contributed by atoms with van der Waals surface area (Å²) < 4.78 is 17.4. The molecule has 0 atom stereocenters. The first-order chi connectivity index (χ1) is 26.6. The van der Waals surface area contributed by atoms with Crippen molar-refractivity contribution in [1.29, 1.82) is 0 Å². The average Bonchev–Trinajstić information content (AvgIpc) is 4.04. The minimum absolute atomic E-state index is 0.220. The van der Waals surface area contributed by atoms with Crippen molar-refractivity contribution in [3.8, 4) is 0 Å². The molecule has 4 aliphatic rings. The zero-order valence-electron chi connectivity index (χ0n) is 32.5. The molecule has 0 heterocycles. The maximum atomic E-state index is 6.80. The molecule has 0 N–H and O–H groups in total. The van der Waals surface area contributed by atoms with Gasteiger partial charge in [0.2, 0.25) is 0 Å². The molecule has 1 nitrogen and oxygen atoms in total. The van der Waals surface area contributed by atoms with E-state index < -0.39 is 41.0 Å². The molecule has 4 aromatic carbocycles. The van der Waals surface area contributed by atoms with Gasteiger partial charge in [-0.2, -0.15) is 0 Å². The van der Waals surface area contributed by atoms with E-state index >= 15 is 0 Å². The van der Waals surface area contributed by atoms with Crippen LogP contribution in [0.3, 0.4) is 0 Å². The maximum absolute atomic E-state index is 6.80. The average molecular weight is 869 g/mol. The number of benzene rings is 4. The molecule has 4 aliphatic carbocycles. The van der Waals surface area contributed by atoms with Crippen molar-refractivity contribution in [2.45, 2.75) is 86.0 Å². The normalized spacial score (nSPS) is 17.2. The first-order valence-electron chi connectivity index (χ1n) is 20.5. The predicted octanol–water partition coefficient (Wildman–Crippen LogP) is 12.5. The first-order valence-corrected chi connectivity index (χ1v) is 31.2. The van der Waals surface area contributed by atoms with Crippen LogP contribution in [0.25, 0.3) is 0 Å². The van der Waals surface area contributed by atoms with E-state index in [0.29, 0.717) is 0 Å². The molecule has 0 aliphatic heterocycles. The van der Waals surface area contributed by atoms with E-state index in [0.717, 1.165) is 12.3 Å². The fourth-order valence-corrected chi connectivity index (χ4v) is 33.5. The summed E-state index contributed by atoms with van der Waals surface area (Å²) >= 11 is -6.30. The fraction of sp³-hybridized carbons (Fsp3) is 0.294. The third kappa shape index (κ3) is 9.35. The Kier molecular flexibility index (Phi) is 14.0. The van der Waals surface area contributed by atoms with E-state index in [1.54, 1.807) is 16.7 Å². The molecule has 4 aromatic rings. The van der Waals surface area contributed by atoms with Crippen LogP contribution in [0.5, 0.6) is 0 Å². The van der Waals surface area contributed by atoms with Crippen molar-refractivity contribution >= 4 is 6.54 Å². The van der Waals surface area contributed by atoms with E-state index in [1.165, 1.54) is 69.4 Å². The van der Waals surface area contributed by atoms with Gasteiger partial charge >= 0.3 is 339 Å². The van der Waals surface area contributed by atoms with Crippen LogP contribution in [-0.2, 0) is 52.0 Å². The van der Waals surface area contributed by atoms with Crippen molar-refractivity contribution in [3.05, 3.63) is 196 Å². The number of rotatable bonds is 13. The minimum atomic E-state index is -3.33. The molecule has 0 bridgehead atoms. The van der Waals surface area contributed by atoms with E-state index in [2.05, 4.69) is 184 Å². The van der Waals surface area contributed by atoms with Gasteiger partial charge in [0.1, 0.15) is 0 Å². The molecule has 1 fully saturated rings. The van der Waals surface area contributed by atoms with Gasteiger partial charge in [0.05, 0.1) is 0 Å². The molecule has 0 spiro atoms. The summed E-state index contributed by atoms with van der Waals surface area (Å²) in [4.78, 5) is 0. The second-order valence-electron chi connectivity index (χ2n) is 16.0. The zero-order valence-corrected chi connectivity index (χ0v) is 37.4. The Hall–Kier alpha value is -2.95. The Labute approximate surface area is 335 Å². The molecule has 0 unspecified atom stereocenters. The van der Waals surface area contributed by atoms with Gasteiger partial charge in [-0.15, -0.1) is 0 Å². The monoisotopic (exact) mass is 866 g/mol. The third-order valence-corrected chi connectivity index (χ3v) is 35.8. The second kappa shape index (κ2) is 19.3. The molecular formula is C51H58OZr2. The fourth-order valence-electron chi connectivity index (χ4n) is 9.49. The third-order valence-electron chi connectivity index (χ3n) is 11.9. The van der Waals surface area contributed by atoms with Crippen LogP contribution in [0.2, 0.25) is 0 Å². The first kappa shape index (κ1) is 39.3. The van der Waals surface area contributed by atoms with Crippen LogP contribution in [0.4, 0.5) is 0 Å².